The molecule has 0 aliphatic carbocycles. The van der Waals surface area contributed by atoms with Crippen molar-refractivity contribution in [2.75, 3.05) is 32.1 Å². The van der Waals surface area contributed by atoms with E-state index in [2.05, 4.69) is 0 Å². The number of rotatable bonds is 5. The molecule has 1 heterocycles. The number of aryl methyl sites for hydroxylation is 1. The van der Waals surface area contributed by atoms with Crippen LogP contribution in [0.3, 0.4) is 0 Å². The molecule has 1 aliphatic heterocycles. The second kappa shape index (κ2) is 8.00. The van der Waals surface area contributed by atoms with Crippen LogP contribution in [-0.4, -0.2) is 45.9 Å². The van der Waals surface area contributed by atoms with Gasteiger partial charge in [-0.15, -0.1) is 0 Å². The van der Waals surface area contributed by atoms with Gasteiger partial charge in [0.15, 0.2) is 0 Å². The van der Waals surface area contributed by atoms with Gasteiger partial charge in [0.2, 0.25) is 15.9 Å². The highest BCUT2D eigenvalue weighted by molar-refractivity contribution is 7.89. The summed E-state index contributed by atoms with van der Waals surface area (Å²) in [5.74, 6) is 0.285. The van der Waals surface area contributed by atoms with Crippen molar-refractivity contribution in [1.29, 1.82) is 5.26 Å². The minimum Gasteiger partial charge on any atom is -0.495 e. The van der Waals surface area contributed by atoms with Gasteiger partial charge in [0, 0.05) is 13.6 Å². The number of benzene rings is 2. The first-order chi connectivity index (χ1) is 13.4. The largest absolute Gasteiger partial charge is 0.495 e. The van der Waals surface area contributed by atoms with E-state index < -0.39 is 10.0 Å². The molecular weight excluding hydrogens is 378 g/mol. The highest BCUT2D eigenvalue weighted by Crippen LogP contribution is 2.36. The van der Waals surface area contributed by atoms with Gasteiger partial charge in [-0.3, -0.25) is 4.79 Å². The van der Waals surface area contributed by atoms with Gasteiger partial charge < -0.3 is 9.64 Å². The van der Waals surface area contributed by atoms with Crippen LogP contribution in [0.25, 0.3) is 0 Å². The molecule has 1 amide bonds. The van der Waals surface area contributed by atoms with Crippen molar-refractivity contribution in [2.24, 2.45) is 0 Å². The van der Waals surface area contributed by atoms with E-state index >= 15 is 0 Å². The van der Waals surface area contributed by atoms with Crippen LogP contribution in [0.1, 0.15) is 17.5 Å². The van der Waals surface area contributed by atoms with Crippen molar-refractivity contribution < 1.29 is 17.9 Å². The Balaban J connectivity index is 1.83. The normalized spacial score (nSPS) is 13.7. The Bertz CT molecular complexity index is 1010. The molecule has 0 N–H and O–H groups in total. The fraction of sp³-hybridized carbons (Fsp3) is 0.300. The average molecular weight is 399 g/mol. The summed E-state index contributed by atoms with van der Waals surface area (Å²) in [5.41, 5.74) is 2.09. The molecule has 1 aliphatic rings. The van der Waals surface area contributed by atoms with E-state index in [4.69, 9.17) is 10.00 Å². The maximum atomic E-state index is 12.9. The van der Waals surface area contributed by atoms with Crippen molar-refractivity contribution in [1.82, 2.24) is 4.31 Å². The number of amides is 1. The lowest BCUT2D eigenvalue weighted by molar-refractivity contribution is -0.118. The monoisotopic (exact) mass is 399 g/mol. The van der Waals surface area contributed by atoms with Crippen LogP contribution in [0, 0.1) is 11.3 Å². The highest BCUT2D eigenvalue weighted by Gasteiger charge is 2.29. The van der Waals surface area contributed by atoms with Crippen LogP contribution in [0.2, 0.25) is 0 Å². The van der Waals surface area contributed by atoms with Gasteiger partial charge in [-0.05, 0) is 48.7 Å². The van der Waals surface area contributed by atoms with Crippen molar-refractivity contribution in [2.45, 2.75) is 17.7 Å². The average Bonchev–Trinajstić information content (AvgIpc) is 2.72. The smallest absolute Gasteiger partial charge is 0.243 e. The van der Waals surface area contributed by atoms with E-state index in [-0.39, 0.29) is 17.3 Å². The molecule has 28 heavy (non-hydrogen) atoms. The van der Waals surface area contributed by atoms with Crippen LogP contribution in [-0.2, 0) is 21.2 Å². The number of anilines is 1. The third-order valence-corrected chi connectivity index (χ3v) is 6.57. The van der Waals surface area contributed by atoms with Crippen LogP contribution in [0.5, 0.6) is 5.75 Å². The van der Waals surface area contributed by atoms with E-state index in [1.807, 2.05) is 18.2 Å². The summed E-state index contributed by atoms with van der Waals surface area (Å²) in [5, 5.41) is 8.86. The molecule has 0 saturated heterocycles. The lowest BCUT2D eigenvalue weighted by atomic mass is 10.0. The summed E-state index contributed by atoms with van der Waals surface area (Å²) in [6.45, 7) is 0.219. The Labute approximate surface area is 164 Å². The topological polar surface area (TPSA) is 90.7 Å². The molecule has 0 radical (unpaired) electrons. The quantitative estimate of drug-likeness (QED) is 0.768. The van der Waals surface area contributed by atoms with Crippen LogP contribution in [0.4, 0.5) is 5.69 Å². The van der Waals surface area contributed by atoms with Gasteiger partial charge in [0.1, 0.15) is 5.75 Å². The minimum absolute atomic E-state index is 0.0402. The first-order valence-electron chi connectivity index (χ1n) is 8.81. The van der Waals surface area contributed by atoms with Gasteiger partial charge in [0.25, 0.3) is 0 Å². The maximum Gasteiger partial charge on any atom is 0.243 e. The van der Waals surface area contributed by atoms with Gasteiger partial charge in [-0.1, -0.05) is 12.1 Å². The summed E-state index contributed by atoms with van der Waals surface area (Å²) >= 11 is 0. The molecule has 0 saturated carbocycles. The summed E-state index contributed by atoms with van der Waals surface area (Å²) in [4.78, 5) is 14.6. The van der Waals surface area contributed by atoms with Crippen molar-refractivity contribution in [3.05, 3.63) is 53.6 Å². The van der Waals surface area contributed by atoms with Gasteiger partial charge in [-0.25, -0.2) is 8.42 Å². The highest BCUT2D eigenvalue weighted by atomic mass is 32.2. The maximum absolute atomic E-state index is 12.9. The summed E-state index contributed by atoms with van der Waals surface area (Å²) < 4.78 is 32.0. The van der Waals surface area contributed by atoms with E-state index in [9.17, 15) is 13.2 Å². The third-order valence-electron chi connectivity index (χ3n) is 4.75. The number of fused-ring (bicyclic) bond motifs is 1. The Hall–Kier alpha value is -2.89. The van der Waals surface area contributed by atoms with E-state index in [0.717, 1.165) is 22.7 Å². The summed E-state index contributed by atoms with van der Waals surface area (Å²) in [6.07, 6.45) is 1.65. The fourth-order valence-electron chi connectivity index (χ4n) is 3.27. The first kappa shape index (κ1) is 19.9. The number of carbonyl (C=O) groups is 1. The fourth-order valence-corrected chi connectivity index (χ4v) is 4.39. The number of ether oxygens (including phenoxy) is 1. The van der Waals surface area contributed by atoms with Crippen molar-refractivity contribution in [3.63, 3.8) is 0 Å². The zero-order valence-corrected chi connectivity index (χ0v) is 16.6. The molecule has 2 aromatic carbocycles. The summed E-state index contributed by atoms with van der Waals surface area (Å²) in [7, 11) is -0.922. The molecule has 2 aromatic rings. The van der Waals surface area contributed by atoms with Crippen LogP contribution >= 0.6 is 0 Å². The zero-order valence-electron chi connectivity index (χ0n) is 15.8. The molecule has 8 heteroatoms. The third kappa shape index (κ3) is 3.72. The molecule has 0 spiro atoms. The number of likely N-dealkylation sites (N-methyl/N-ethyl adjacent to an activating group) is 1. The van der Waals surface area contributed by atoms with E-state index in [1.165, 1.54) is 31.3 Å². The van der Waals surface area contributed by atoms with Crippen molar-refractivity contribution in [3.8, 4) is 11.8 Å². The molecular formula is C20H21N3O4S. The second-order valence-corrected chi connectivity index (χ2v) is 8.56. The predicted octanol–water partition coefficient (Wildman–Crippen LogP) is 2.17. The summed E-state index contributed by atoms with van der Waals surface area (Å²) in [6, 6.07) is 13.2. The van der Waals surface area contributed by atoms with Gasteiger partial charge >= 0.3 is 0 Å². The Morgan fingerprint density at radius 2 is 1.96 bits per heavy atom. The Kier molecular flexibility index (Phi) is 5.68. The number of sulfonamides is 1. The number of methoxy groups -OCH3 is 1. The van der Waals surface area contributed by atoms with Gasteiger partial charge in [-0.2, -0.15) is 9.57 Å². The number of nitrogens with zero attached hydrogens (tertiary/aromatic N) is 3. The Morgan fingerprint density at radius 3 is 2.61 bits per heavy atom. The molecule has 0 atom stereocenters. The molecule has 7 nitrogen and oxygen atoms in total. The number of para-hydroxylation sites is 1. The molecule has 146 valence electrons. The van der Waals surface area contributed by atoms with Crippen LogP contribution < -0.4 is 9.64 Å². The SMILES string of the molecule is COc1cccc2c1N(C(=O)CN(C)S(=O)(=O)c1ccc(C#N)cc1)CCC2. The standard InChI is InChI=1S/C20H21N3O4S/c1-22(28(25,26)17-10-8-15(13-21)9-11-17)14-19(24)23-12-4-6-16-5-3-7-18(27-2)20(16)23/h3,5,7-11H,4,6,12,14H2,1-2H3. The van der Waals surface area contributed by atoms with Gasteiger partial charge in [0.05, 0.1) is 35.9 Å². The number of nitriles is 1. The zero-order chi connectivity index (χ0) is 20.3. The number of carbonyl (C=O) groups excluding carboxylic acids is 1. The van der Waals surface area contributed by atoms with E-state index in [0.29, 0.717) is 23.5 Å². The molecule has 0 bridgehead atoms. The van der Waals surface area contributed by atoms with E-state index in [1.54, 1.807) is 18.1 Å². The first-order valence-corrected chi connectivity index (χ1v) is 10.2. The second-order valence-electron chi connectivity index (χ2n) is 6.51. The molecule has 3 rings (SSSR count). The number of hydrogen-bond acceptors (Lipinski definition) is 5. The minimum atomic E-state index is -3.85. The Morgan fingerprint density at radius 1 is 1.25 bits per heavy atom. The molecule has 0 aromatic heterocycles. The van der Waals surface area contributed by atoms with Crippen LogP contribution in [0.15, 0.2) is 47.4 Å². The lowest BCUT2D eigenvalue weighted by Crippen LogP contribution is -2.43. The predicted molar refractivity (Wildman–Crippen MR) is 105 cm³/mol. The molecule has 0 fully saturated rings. The lowest BCUT2D eigenvalue weighted by Gasteiger charge is -2.32. The molecule has 0 unspecified atom stereocenters. The number of hydrogen-bond donors (Lipinski definition) is 0. The van der Waals surface area contributed by atoms with Crippen molar-refractivity contribution >= 4 is 21.6 Å².